The number of aromatic nitrogens is 2. The smallest absolute Gasteiger partial charge is 0.328 e. The summed E-state index contributed by atoms with van der Waals surface area (Å²) in [7, 11) is 1.28. The molecule has 1 heterocycles. The molecule has 0 bridgehead atoms. The summed E-state index contributed by atoms with van der Waals surface area (Å²) in [6, 6.07) is -0.856. The number of aromatic amines is 1. The Labute approximate surface area is 235 Å². The topological polar surface area (TPSA) is 143 Å². The number of nitrogens with one attached hydrogen (secondary N) is 2. The molecule has 10 nitrogen and oxygen atoms in total. The Kier molecular flexibility index (Phi) is 7.67. The number of methoxy groups -OCH3 is 1. The summed E-state index contributed by atoms with van der Waals surface area (Å²) < 4.78 is 4.82. The molecule has 5 rings (SSSR count). The minimum atomic E-state index is -1.19. The van der Waals surface area contributed by atoms with Crippen LogP contribution in [0.15, 0.2) is 29.3 Å². The average Bonchev–Trinajstić information content (AvgIpc) is 3.54. The molecule has 3 fully saturated rings. The Hall–Kier alpha value is -3.01. The van der Waals surface area contributed by atoms with Crippen molar-refractivity contribution in [1.29, 1.82) is 0 Å². The highest BCUT2D eigenvalue weighted by atomic mass is 16.6. The van der Waals surface area contributed by atoms with E-state index in [4.69, 9.17) is 9.57 Å². The Balaban J connectivity index is 1.21. The lowest BCUT2D eigenvalue weighted by molar-refractivity contribution is -0.159. The van der Waals surface area contributed by atoms with Gasteiger partial charge >= 0.3 is 5.97 Å². The number of nitrogens with zero attached hydrogens (tertiary/aromatic N) is 2. The van der Waals surface area contributed by atoms with Crippen LogP contribution in [0.4, 0.5) is 0 Å². The van der Waals surface area contributed by atoms with Crippen LogP contribution in [-0.2, 0) is 30.4 Å². The second kappa shape index (κ2) is 10.8. The molecule has 3 N–H and O–H groups in total. The minimum Gasteiger partial charge on any atom is -0.467 e. The van der Waals surface area contributed by atoms with Gasteiger partial charge in [-0.2, -0.15) is 0 Å². The first kappa shape index (κ1) is 28.5. The number of ketones is 1. The molecular formula is C30H42N4O6. The summed E-state index contributed by atoms with van der Waals surface area (Å²) >= 11 is 0. The Bertz CT molecular complexity index is 1210. The van der Waals surface area contributed by atoms with Gasteiger partial charge in [0.15, 0.2) is 12.4 Å². The largest absolute Gasteiger partial charge is 0.467 e. The number of oxime groups is 1. The molecule has 1 aromatic rings. The van der Waals surface area contributed by atoms with Gasteiger partial charge in [-0.05, 0) is 87.5 Å². The summed E-state index contributed by atoms with van der Waals surface area (Å²) in [6.45, 7) is 5.78. The van der Waals surface area contributed by atoms with E-state index in [2.05, 4.69) is 40.4 Å². The standard InChI is InChI=1S/C30H42N4O6/c1-18(35)30(38)12-9-24-22-6-5-19-13-20(7-10-28(19,2)23(22)8-11-29(24,30)3)34-40-16-26(36)33-25(27(37)39-4)14-21-15-31-17-32-21/h13,15,17,22-25,38H,5-12,14,16H2,1-4H3,(H,31,32)(H,33,36)/t22-,23+,24-,25-,28-,29-,30-/m0/s1. The summed E-state index contributed by atoms with van der Waals surface area (Å²) in [5.41, 5.74) is 1.46. The number of H-pyrrole nitrogens is 1. The molecule has 0 aliphatic heterocycles. The quantitative estimate of drug-likeness (QED) is 0.331. The van der Waals surface area contributed by atoms with Crippen LogP contribution in [-0.4, -0.2) is 63.8 Å². The summed E-state index contributed by atoms with van der Waals surface area (Å²) in [6.07, 6.45) is 12.6. The fourth-order valence-electron chi connectivity index (χ4n) is 8.60. The SMILES string of the molecule is COC(=O)[C@H](Cc1cnc[nH]1)NC(=O)CON=C1C=C2CC[C@H]3[C@@H](CC[C@@]4(C)[C@H]3CC[C@]4(O)C(C)=O)[C@@]2(C)CC1. The van der Waals surface area contributed by atoms with Gasteiger partial charge in [0, 0.05) is 23.7 Å². The number of hydrogen-bond donors (Lipinski definition) is 3. The summed E-state index contributed by atoms with van der Waals surface area (Å²) in [5.74, 6) is 0.325. The third kappa shape index (κ3) is 4.78. The normalized spacial score (nSPS) is 36.5. The monoisotopic (exact) mass is 554 g/mol. The van der Waals surface area contributed by atoms with Crippen molar-refractivity contribution in [3.63, 3.8) is 0 Å². The lowest BCUT2D eigenvalue weighted by atomic mass is 9.46. The molecule has 7 atom stereocenters. The molecule has 218 valence electrons. The van der Waals surface area contributed by atoms with Crippen molar-refractivity contribution in [1.82, 2.24) is 15.3 Å². The molecule has 1 amide bonds. The molecule has 0 radical (unpaired) electrons. The van der Waals surface area contributed by atoms with E-state index in [9.17, 15) is 19.5 Å². The van der Waals surface area contributed by atoms with E-state index >= 15 is 0 Å². The molecule has 4 aliphatic rings. The molecule has 0 saturated heterocycles. The van der Waals surface area contributed by atoms with Crippen molar-refractivity contribution in [3.8, 4) is 0 Å². The summed E-state index contributed by atoms with van der Waals surface area (Å²) in [4.78, 5) is 49.4. The second-order valence-electron chi connectivity index (χ2n) is 12.7. The number of amides is 1. The van der Waals surface area contributed by atoms with Gasteiger partial charge in [-0.15, -0.1) is 0 Å². The number of aliphatic hydroxyl groups is 1. The highest BCUT2D eigenvalue weighted by molar-refractivity contribution is 5.96. The minimum absolute atomic E-state index is 0.0674. The predicted octanol–water partition coefficient (Wildman–Crippen LogP) is 3.27. The molecule has 40 heavy (non-hydrogen) atoms. The van der Waals surface area contributed by atoms with E-state index in [-0.39, 0.29) is 29.6 Å². The highest BCUT2D eigenvalue weighted by Crippen LogP contribution is 2.67. The average molecular weight is 555 g/mol. The van der Waals surface area contributed by atoms with Gasteiger partial charge in [0.1, 0.15) is 11.6 Å². The van der Waals surface area contributed by atoms with Crippen molar-refractivity contribution in [2.24, 2.45) is 33.7 Å². The van der Waals surface area contributed by atoms with Crippen LogP contribution in [0, 0.1) is 28.6 Å². The van der Waals surface area contributed by atoms with Gasteiger partial charge in [-0.1, -0.05) is 24.6 Å². The fourth-order valence-corrected chi connectivity index (χ4v) is 8.60. The Morgan fingerprint density at radius 1 is 1.18 bits per heavy atom. The number of hydrogen-bond acceptors (Lipinski definition) is 8. The molecule has 0 aromatic carbocycles. The van der Waals surface area contributed by atoms with Crippen molar-refractivity contribution in [3.05, 3.63) is 29.9 Å². The van der Waals surface area contributed by atoms with Gasteiger partial charge in [-0.3, -0.25) is 9.59 Å². The van der Waals surface area contributed by atoms with Crippen LogP contribution in [0.25, 0.3) is 0 Å². The van der Waals surface area contributed by atoms with E-state index in [1.165, 1.54) is 19.0 Å². The lowest BCUT2D eigenvalue weighted by Crippen LogP contribution is -2.57. The maximum Gasteiger partial charge on any atom is 0.328 e. The molecule has 1 aromatic heterocycles. The van der Waals surface area contributed by atoms with E-state index in [1.807, 2.05) is 0 Å². The zero-order valence-corrected chi connectivity index (χ0v) is 24.0. The third-order valence-corrected chi connectivity index (χ3v) is 10.9. The van der Waals surface area contributed by atoms with Crippen LogP contribution in [0.5, 0.6) is 0 Å². The molecule has 0 spiro atoms. The number of fused-ring (bicyclic) bond motifs is 5. The number of carbonyl (C=O) groups is 3. The van der Waals surface area contributed by atoms with Crippen molar-refractivity contribution in [2.45, 2.75) is 90.2 Å². The lowest BCUT2D eigenvalue weighted by Gasteiger charge is -2.59. The number of rotatable bonds is 8. The number of Topliss-reactive ketones (excluding diaryl/α,β-unsaturated/α-hetero) is 1. The van der Waals surface area contributed by atoms with Crippen molar-refractivity contribution in [2.75, 3.05) is 13.7 Å². The molecule has 10 heteroatoms. The number of ether oxygens (including phenoxy) is 1. The van der Waals surface area contributed by atoms with Crippen LogP contribution < -0.4 is 5.32 Å². The molecule has 0 unspecified atom stereocenters. The third-order valence-electron chi connectivity index (χ3n) is 10.9. The van der Waals surface area contributed by atoms with Crippen LogP contribution in [0.2, 0.25) is 0 Å². The number of allylic oxidation sites excluding steroid dienone is 2. The zero-order chi connectivity index (χ0) is 28.7. The van der Waals surface area contributed by atoms with E-state index in [1.54, 1.807) is 13.1 Å². The first-order valence-corrected chi connectivity index (χ1v) is 14.5. The first-order valence-electron chi connectivity index (χ1n) is 14.5. The maximum absolute atomic E-state index is 12.5. The van der Waals surface area contributed by atoms with Gasteiger partial charge in [0.2, 0.25) is 0 Å². The van der Waals surface area contributed by atoms with Gasteiger partial charge in [0.25, 0.3) is 5.91 Å². The Morgan fingerprint density at radius 3 is 2.65 bits per heavy atom. The predicted molar refractivity (Wildman–Crippen MR) is 147 cm³/mol. The van der Waals surface area contributed by atoms with Gasteiger partial charge in [0.05, 0.1) is 19.1 Å². The van der Waals surface area contributed by atoms with Crippen LogP contribution >= 0.6 is 0 Å². The Morgan fingerprint density at radius 2 is 1.95 bits per heavy atom. The molecule has 3 saturated carbocycles. The molecular weight excluding hydrogens is 512 g/mol. The number of imidazole rings is 1. The molecule has 4 aliphatic carbocycles. The fraction of sp³-hybridized carbons (Fsp3) is 0.700. The summed E-state index contributed by atoms with van der Waals surface area (Å²) in [5, 5.41) is 18.3. The second-order valence-corrected chi connectivity index (χ2v) is 12.7. The van der Waals surface area contributed by atoms with Crippen molar-refractivity contribution >= 4 is 23.4 Å². The van der Waals surface area contributed by atoms with Crippen LogP contribution in [0.1, 0.15) is 77.8 Å². The number of carbonyl (C=O) groups excluding carboxylic acids is 3. The van der Waals surface area contributed by atoms with E-state index in [0.717, 1.165) is 50.7 Å². The first-order chi connectivity index (χ1) is 19.0. The van der Waals surface area contributed by atoms with E-state index < -0.39 is 23.5 Å². The zero-order valence-electron chi connectivity index (χ0n) is 24.0. The van der Waals surface area contributed by atoms with E-state index in [0.29, 0.717) is 29.9 Å². The highest BCUT2D eigenvalue weighted by Gasteiger charge is 2.65. The maximum atomic E-state index is 12.5. The van der Waals surface area contributed by atoms with Crippen molar-refractivity contribution < 1.29 is 29.1 Å². The number of esters is 1. The van der Waals surface area contributed by atoms with Crippen LogP contribution in [0.3, 0.4) is 0 Å². The van der Waals surface area contributed by atoms with Gasteiger partial charge in [-0.25, -0.2) is 9.78 Å². The van der Waals surface area contributed by atoms with Gasteiger partial charge < -0.3 is 25.0 Å².